The van der Waals surface area contributed by atoms with Crippen LogP contribution in [0, 0.1) is 0 Å². The first-order valence-electron chi connectivity index (χ1n) is 8.45. The molecule has 1 N–H and O–H groups in total. The predicted molar refractivity (Wildman–Crippen MR) is 99.2 cm³/mol. The summed E-state index contributed by atoms with van der Waals surface area (Å²) >= 11 is 5.86. The van der Waals surface area contributed by atoms with Gasteiger partial charge in [-0.2, -0.15) is 17.5 Å². The maximum Gasteiger partial charge on any atom is 0.416 e. The van der Waals surface area contributed by atoms with Gasteiger partial charge >= 0.3 is 6.18 Å². The van der Waals surface area contributed by atoms with Crippen molar-refractivity contribution in [1.29, 1.82) is 0 Å². The van der Waals surface area contributed by atoms with Gasteiger partial charge in [0, 0.05) is 31.7 Å². The number of hydrogen-bond acceptors (Lipinski definition) is 4. The lowest BCUT2D eigenvalue weighted by Gasteiger charge is -2.34. The third-order valence-electron chi connectivity index (χ3n) is 4.52. The molecular formula is C18H16ClF3N2O4S. The van der Waals surface area contributed by atoms with Crippen LogP contribution in [0.2, 0.25) is 5.02 Å². The lowest BCUT2D eigenvalue weighted by molar-refractivity contribution is -0.137. The molecule has 29 heavy (non-hydrogen) atoms. The molecule has 1 aliphatic heterocycles. The Hall–Kier alpha value is -2.30. The van der Waals surface area contributed by atoms with Crippen LogP contribution in [0.5, 0.6) is 5.75 Å². The number of rotatable bonds is 3. The van der Waals surface area contributed by atoms with Crippen LogP contribution >= 0.6 is 11.6 Å². The van der Waals surface area contributed by atoms with E-state index >= 15 is 0 Å². The molecule has 11 heteroatoms. The van der Waals surface area contributed by atoms with Crippen LogP contribution in [0.4, 0.5) is 13.2 Å². The molecule has 156 valence electrons. The predicted octanol–water partition coefficient (Wildman–Crippen LogP) is 3.21. The quantitative estimate of drug-likeness (QED) is 0.782. The molecule has 0 aliphatic carbocycles. The summed E-state index contributed by atoms with van der Waals surface area (Å²) in [7, 11) is -4.26. The molecule has 0 atom stereocenters. The monoisotopic (exact) mass is 448 g/mol. The van der Waals surface area contributed by atoms with Crippen molar-refractivity contribution in [2.75, 3.05) is 26.2 Å². The third-order valence-corrected chi connectivity index (χ3v) is 6.90. The summed E-state index contributed by atoms with van der Waals surface area (Å²) in [6.07, 6.45) is -4.70. The smallest absolute Gasteiger partial charge is 0.416 e. The molecule has 2 aromatic carbocycles. The number of piperazine rings is 1. The van der Waals surface area contributed by atoms with Crippen molar-refractivity contribution < 1.29 is 31.5 Å². The summed E-state index contributed by atoms with van der Waals surface area (Å²) in [6.45, 7) is -0.0392. The molecule has 0 radical (unpaired) electrons. The van der Waals surface area contributed by atoms with Gasteiger partial charge in [0.05, 0.1) is 10.6 Å². The van der Waals surface area contributed by atoms with Crippen molar-refractivity contribution in [1.82, 2.24) is 9.21 Å². The number of halogens is 4. The molecule has 0 unspecified atom stereocenters. The molecule has 0 bridgehead atoms. The van der Waals surface area contributed by atoms with E-state index in [4.69, 9.17) is 11.6 Å². The number of alkyl halides is 3. The first-order valence-corrected chi connectivity index (χ1v) is 10.3. The Morgan fingerprint density at radius 3 is 2.14 bits per heavy atom. The van der Waals surface area contributed by atoms with Crippen molar-refractivity contribution in [3.63, 3.8) is 0 Å². The normalized spacial score (nSPS) is 16.1. The van der Waals surface area contributed by atoms with Crippen molar-refractivity contribution in [3.8, 4) is 5.75 Å². The van der Waals surface area contributed by atoms with Crippen LogP contribution in [-0.4, -0.2) is 54.8 Å². The van der Waals surface area contributed by atoms with Gasteiger partial charge in [-0.3, -0.25) is 4.79 Å². The van der Waals surface area contributed by atoms with Crippen LogP contribution in [-0.2, 0) is 16.2 Å². The summed E-state index contributed by atoms with van der Waals surface area (Å²) < 4.78 is 65.5. The van der Waals surface area contributed by atoms with E-state index in [1.54, 1.807) is 0 Å². The molecule has 3 rings (SSSR count). The van der Waals surface area contributed by atoms with Crippen LogP contribution in [0.3, 0.4) is 0 Å². The zero-order valence-electron chi connectivity index (χ0n) is 14.9. The Kier molecular flexibility index (Phi) is 5.79. The number of carbonyl (C=O) groups is 1. The van der Waals surface area contributed by atoms with Crippen LogP contribution < -0.4 is 0 Å². The van der Waals surface area contributed by atoms with Gasteiger partial charge in [0.2, 0.25) is 10.0 Å². The van der Waals surface area contributed by atoms with Gasteiger partial charge < -0.3 is 10.0 Å². The number of nitrogens with zero attached hydrogens (tertiary/aromatic N) is 2. The van der Waals surface area contributed by atoms with Crippen molar-refractivity contribution in [3.05, 3.63) is 58.6 Å². The van der Waals surface area contributed by atoms with E-state index < -0.39 is 26.7 Å². The van der Waals surface area contributed by atoms with Crippen LogP contribution in [0.1, 0.15) is 15.9 Å². The van der Waals surface area contributed by atoms with E-state index in [0.29, 0.717) is 11.6 Å². The molecule has 6 nitrogen and oxygen atoms in total. The van der Waals surface area contributed by atoms with Crippen LogP contribution in [0.15, 0.2) is 47.4 Å². The van der Waals surface area contributed by atoms with E-state index in [1.165, 1.54) is 29.2 Å². The molecule has 2 aromatic rings. The maximum absolute atomic E-state index is 12.9. The largest absolute Gasteiger partial charge is 0.508 e. The van der Waals surface area contributed by atoms with Crippen LogP contribution in [0.25, 0.3) is 0 Å². The fraction of sp³-hybridized carbons (Fsp3) is 0.278. The number of benzene rings is 2. The van der Waals surface area contributed by atoms with Gasteiger partial charge in [0.1, 0.15) is 10.6 Å². The Morgan fingerprint density at radius 1 is 1.00 bits per heavy atom. The number of amides is 1. The minimum absolute atomic E-state index is 0.00966. The Balaban J connectivity index is 1.76. The summed E-state index contributed by atoms with van der Waals surface area (Å²) in [4.78, 5) is 13.3. The van der Waals surface area contributed by atoms with E-state index in [1.807, 2.05) is 0 Å². The Morgan fingerprint density at radius 2 is 1.59 bits per heavy atom. The minimum atomic E-state index is -4.70. The zero-order valence-corrected chi connectivity index (χ0v) is 16.4. The van der Waals surface area contributed by atoms with Crippen molar-refractivity contribution in [2.24, 2.45) is 0 Å². The molecule has 1 fully saturated rings. The van der Waals surface area contributed by atoms with Gasteiger partial charge in [-0.05, 0) is 42.5 Å². The molecule has 0 aromatic heterocycles. The fourth-order valence-corrected chi connectivity index (χ4v) is 4.86. The number of hydrogen-bond donors (Lipinski definition) is 1. The second-order valence-electron chi connectivity index (χ2n) is 6.39. The van der Waals surface area contributed by atoms with Gasteiger partial charge in [0.25, 0.3) is 5.91 Å². The minimum Gasteiger partial charge on any atom is -0.508 e. The molecular weight excluding hydrogens is 433 g/mol. The van der Waals surface area contributed by atoms with E-state index in [9.17, 15) is 31.5 Å². The van der Waals surface area contributed by atoms with Gasteiger partial charge in [-0.1, -0.05) is 11.6 Å². The molecule has 0 spiro atoms. The highest BCUT2D eigenvalue weighted by Crippen LogP contribution is 2.34. The van der Waals surface area contributed by atoms with Gasteiger partial charge in [0.15, 0.2) is 0 Å². The SMILES string of the molecule is O=C(c1ccc(O)cc1)N1CCN(S(=O)(=O)c2cc(C(F)(F)F)ccc2Cl)CC1. The summed E-state index contributed by atoms with van der Waals surface area (Å²) in [5.74, 6) is -0.324. The Bertz CT molecular complexity index is 1020. The third kappa shape index (κ3) is 4.49. The molecule has 0 saturated carbocycles. The standard InChI is InChI=1S/C18H16ClF3N2O4S/c19-15-6-3-13(18(20,21)22)11-16(15)29(27,28)24-9-7-23(8-10-24)17(26)12-1-4-14(25)5-2-12/h1-6,11,25H,7-10H2. The summed E-state index contributed by atoms with van der Waals surface area (Å²) in [5, 5.41) is 8.99. The second kappa shape index (κ2) is 7.85. The Labute approximate surface area is 170 Å². The zero-order chi connectivity index (χ0) is 21.4. The van der Waals surface area contributed by atoms with E-state index in [-0.39, 0.29) is 42.9 Å². The lowest BCUT2D eigenvalue weighted by Crippen LogP contribution is -2.50. The first-order chi connectivity index (χ1) is 13.5. The summed E-state index contributed by atoms with van der Waals surface area (Å²) in [6, 6.07) is 7.77. The second-order valence-corrected chi connectivity index (χ2v) is 8.70. The maximum atomic E-state index is 12.9. The molecule has 1 heterocycles. The average Bonchev–Trinajstić information content (AvgIpc) is 2.67. The fourth-order valence-electron chi connectivity index (χ4n) is 2.93. The first kappa shape index (κ1) is 21.4. The van der Waals surface area contributed by atoms with Crippen molar-refractivity contribution >= 4 is 27.5 Å². The highest BCUT2D eigenvalue weighted by Gasteiger charge is 2.36. The van der Waals surface area contributed by atoms with E-state index in [2.05, 4.69) is 0 Å². The van der Waals surface area contributed by atoms with Gasteiger partial charge in [-0.25, -0.2) is 8.42 Å². The number of phenolic OH excluding ortho intramolecular Hbond substituents is 1. The number of phenols is 1. The number of aromatic hydroxyl groups is 1. The van der Waals surface area contributed by atoms with E-state index in [0.717, 1.165) is 16.4 Å². The lowest BCUT2D eigenvalue weighted by atomic mass is 10.2. The molecule has 1 amide bonds. The number of carbonyl (C=O) groups excluding carboxylic acids is 1. The van der Waals surface area contributed by atoms with Gasteiger partial charge in [-0.15, -0.1) is 0 Å². The average molecular weight is 449 g/mol. The highest BCUT2D eigenvalue weighted by molar-refractivity contribution is 7.89. The number of sulfonamides is 1. The molecule has 1 aliphatic rings. The highest BCUT2D eigenvalue weighted by atomic mass is 35.5. The topological polar surface area (TPSA) is 77.9 Å². The van der Waals surface area contributed by atoms with Crippen molar-refractivity contribution in [2.45, 2.75) is 11.1 Å². The molecule has 1 saturated heterocycles. The summed E-state index contributed by atoms with van der Waals surface area (Å²) in [5.41, 5.74) is -0.776.